The third-order valence-corrected chi connectivity index (χ3v) is 3.66. The maximum Gasteiger partial charge on any atom is 1.00 e. The topological polar surface area (TPSA) is 89.2 Å². The van der Waals surface area contributed by atoms with Gasteiger partial charge in [0.2, 0.25) is 0 Å². The van der Waals surface area contributed by atoms with Crippen molar-refractivity contribution in [2.45, 2.75) is 19.8 Å². The molecule has 1 aromatic heterocycles. The molecule has 0 atom stereocenters. The second-order valence-corrected chi connectivity index (χ2v) is 5.63. The first-order valence-corrected chi connectivity index (χ1v) is 7.50. The molecule has 0 amide bonds. The molecule has 26 heavy (non-hydrogen) atoms. The van der Waals surface area contributed by atoms with Crippen LogP contribution in [0.25, 0.3) is 11.1 Å². The van der Waals surface area contributed by atoms with Gasteiger partial charge in [-0.15, -0.1) is 0 Å². The quantitative estimate of drug-likeness (QED) is 0.433. The maximum absolute atomic E-state index is 10.9. The molecule has 0 unspecified atom stereocenters. The van der Waals surface area contributed by atoms with Crippen LogP contribution in [-0.4, -0.2) is 16.3 Å². The molecule has 0 bridgehead atoms. The Morgan fingerprint density at radius 1 is 1.00 bits per heavy atom. The normalized spacial score (nSPS) is 9.96. The van der Waals surface area contributed by atoms with Crippen molar-refractivity contribution in [3.05, 3.63) is 59.8 Å². The average Bonchev–Trinajstić information content (AvgIpc) is 3.04. The van der Waals surface area contributed by atoms with E-state index >= 15 is 0 Å². The predicted molar refractivity (Wildman–Crippen MR) is 85.7 cm³/mol. The minimum Gasteiger partial charge on any atom is -0.545 e. The largest absolute Gasteiger partial charge is 1.00 e. The molecule has 6 nitrogen and oxygen atoms in total. The standard InChI is InChI=1S/C18H17N3O3.2Na/c1-11(2)12-3-5-13(6-4-12)14-7-9-15(10-8-14)24-17-16(18(22)23)19-21-20-17;;/h3-11H,1-2H3,(H2,19,20,21,22,23);;/q;2*+1/p-2. The molecule has 3 aromatic rings. The number of carbonyl (C=O) groups excluding carboxylic acids is 1. The number of hydrogen-bond donors (Lipinski definition) is 0. The van der Waals surface area contributed by atoms with Gasteiger partial charge in [0.05, 0.1) is 5.97 Å². The molecule has 0 aliphatic carbocycles. The number of rotatable bonds is 5. The summed E-state index contributed by atoms with van der Waals surface area (Å²) in [6.07, 6.45) is 0. The van der Waals surface area contributed by atoms with Gasteiger partial charge < -0.3 is 24.8 Å². The van der Waals surface area contributed by atoms with Gasteiger partial charge >= 0.3 is 59.1 Å². The summed E-state index contributed by atoms with van der Waals surface area (Å²) >= 11 is 0. The third-order valence-electron chi connectivity index (χ3n) is 3.66. The van der Waals surface area contributed by atoms with Crippen LogP contribution >= 0.6 is 0 Å². The third kappa shape index (κ3) is 5.42. The smallest absolute Gasteiger partial charge is 0.545 e. The zero-order valence-electron chi connectivity index (χ0n) is 15.3. The molecule has 0 aliphatic heterocycles. The van der Waals surface area contributed by atoms with Gasteiger partial charge in [-0.1, -0.05) is 50.2 Å². The molecule has 0 N–H and O–H groups in total. The summed E-state index contributed by atoms with van der Waals surface area (Å²) in [6, 6.07) is 15.6. The van der Waals surface area contributed by atoms with E-state index in [-0.39, 0.29) is 65.0 Å². The summed E-state index contributed by atoms with van der Waals surface area (Å²) in [5.41, 5.74) is 3.00. The molecule has 3 rings (SSSR count). The molecule has 0 spiro atoms. The fourth-order valence-corrected chi connectivity index (χ4v) is 2.28. The maximum atomic E-state index is 10.9. The van der Waals surface area contributed by atoms with Crippen molar-refractivity contribution in [2.75, 3.05) is 0 Å². The van der Waals surface area contributed by atoms with Crippen molar-refractivity contribution in [3.8, 4) is 22.8 Å². The zero-order valence-corrected chi connectivity index (χ0v) is 19.3. The number of carboxylic acids is 1. The molecule has 0 saturated heterocycles. The predicted octanol–water partition coefficient (Wildman–Crippen LogP) is -3.61. The van der Waals surface area contributed by atoms with E-state index < -0.39 is 11.7 Å². The first-order valence-electron chi connectivity index (χ1n) is 7.50. The van der Waals surface area contributed by atoms with E-state index in [0.29, 0.717) is 11.7 Å². The average molecular weight is 367 g/mol. The van der Waals surface area contributed by atoms with Crippen LogP contribution in [-0.2, 0) is 0 Å². The number of aromatic nitrogens is 3. The van der Waals surface area contributed by atoms with E-state index in [1.165, 1.54) is 5.56 Å². The van der Waals surface area contributed by atoms with Gasteiger partial charge in [-0.25, -0.2) is 0 Å². The Bertz CT molecular complexity index is 847. The minimum atomic E-state index is -1.48. The van der Waals surface area contributed by atoms with Crippen LogP contribution in [0.5, 0.6) is 11.6 Å². The number of aromatic carboxylic acids is 1. The molecule has 122 valence electrons. The van der Waals surface area contributed by atoms with Crippen LogP contribution in [0.1, 0.15) is 35.8 Å². The molecule has 0 aliphatic rings. The van der Waals surface area contributed by atoms with Crippen molar-refractivity contribution < 1.29 is 73.8 Å². The summed E-state index contributed by atoms with van der Waals surface area (Å²) in [6.45, 7) is 4.31. The van der Waals surface area contributed by atoms with Crippen molar-refractivity contribution in [3.63, 3.8) is 0 Å². The van der Waals surface area contributed by atoms with Gasteiger partial charge in [0, 0.05) is 5.69 Å². The number of hydrogen-bond acceptors (Lipinski definition) is 5. The van der Waals surface area contributed by atoms with Crippen molar-refractivity contribution in [1.82, 2.24) is 15.4 Å². The summed E-state index contributed by atoms with van der Waals surface area (Å²) in [5, 5.41) is 21.0. The Kier molecular flexibility index (Phi) is 9.03. The van der Waals surface area contributed by atoms with Crippen molar-refractivity contribution >= 4 is 5.97 Å². The van der Waals surface area contributed by atoms with Gasteiger partial charge in [0.1, 0.15) is 11.6 Å². The van der Waals surface area contributed by atoms with Gasteiger partial charge in [0.15, 0.2) is 0 Å². The Morgan fingerprint density at radius 3 is 2.04 bits per heavy atom. The monoisotopic (exact) mass is 367 g/mol. The van der Waals surface area contributed by atoms with Crippen LogP contribution in [0.15, 0.2) is 48.5 Å². The molecule has 8 heteroatoms. The Labute approximate surface area is 195 Å². The summed E-state index contributed by atoms with van der Waals surface area (Å²) in [5.74, 6) is -0.713. The van der Waals surface area contributed by atoms with E-state index in [9.17, 15) is 9.90 Å². The van der Waals surface area contributed by atoms with Crippen LogP contribution in [0, 0.1) is 0 Å². The van der Waals surface area contributed by atoms with E-state index in [4.69, 9.17) is 4.74 Å². The first kappa shape index (κ1) is 22.9. The SMILES string of the molecule is CC(C)c1ccc(-c2ccc(Oc3[n-]nnc3C(=O)[O-])cc2)cc1.[Na+].[Na+]. The van der Waals surface area contributed by atoms with E-state index in [1.807, 2.05) is 12.1 Å². The second kappa shape index (κ2) is 10.3. The van der Waals surface area contributed by atoms with E-state index in [2.05, 4.69) is 53.5 Å². The molecular weight excluding hydrogens is 352 g/mol. The molecule has 0 fully saturated rings. The first-order chi connectivity index (χ1) is 11.5. The van der Waals surface area contributed by atoms with Crippen LogP contribution in [0.2, 0.25) is 0 Å². The number of ether oxygens (including phenoxy) is 1. The molecule has 1 heterocycles. The molecule has 0 saturated carbocycles. The van der Waals surface area contributed by atoms with Gasteiger partial charge in [-0.05, 0) is 34.7 Å². The Balaban J connectivity index is 0.00000169. The summed E-state index contributed by atoms with van der Waals surface area (Å²) in [4.78, 5) is 10.9. The molecule has 0 radical (unpaired) electrons. The zero-order chi connectivity index (χ0) is 17.1. The van der Waals surface area contributed by atoms with Crippen molar-refractivity contribution in [2.24, 2.45) is 0 Å². The number of carbonyl (C=O) groups is 1. The Hall–Kier alpha value is -1.15. The number of benzene rings is 2. The van der Waals surface area contributed by atoms with Gasteiger partial charge in [0.25, 0.3) is 0 Å². The van der Waals surface area contributed by atoms with Crippen LogP contribution in [0.4, 0.5) is 0 Å². The van der Waals surface area contributed by atoms with Gasteiger partial charge in [-0.3, -0.25) is 5.21 Å². The fraction of sp³-hybridized carbons (Fsp3) is 0.167. The van der Waals surface area contributed by atoms with Crippen LogP contribution < -0.4 is 74.1 Å². The van der Waals surface area contributed by atoms with E-state index in [0.717, 1.165) is 11.1 Å². The van der Waals surface area contributed by atoms with Crippen LogP contribution in [0.3, 0.4) is 0 Å². The number of nitrogens with zero attached hydrogens (tertiary/aromatic N) is 3. The minimum absolute atomic E-state index is 0. The summed E-state index contributed by atoms with van der Waals surface area (Å²) < 4.78 is 5.40. The molecule has 2 aromatic carbocycles. The number of carboxylic acid groups (broad SMARTS) is 1. The Morgan fingerprint density at radius 2 is 1.54 bits per heavy atom. The van der Waals surface area contributed by atoms with Crippen molar-refractivity contribution in [1.29, 1.82) is 0 Å². The second-order valence-electron chi connectivity index (χ2n) is 5.63. The summed E-state index contributed by atoms with van der Waals surface area (Å²) in [7, 11) is 0. The van der Waals surface area contributed by atoms with Gasteiger partial charge in [-0.2, -0.15) is 0 Å². The molecular formula is C18H15N3Na2O3. The fourth-order valence-electron chi connectivity index (χ4n) is 2.28. The van der Waals surface area contributed by atoms with E-state index in [1.54, 1.807) is 12.1 Å².